The van der Waals surface area contributed by atoms with Crippen LogP contribution in [0.5, 0.6) is 5.75 Å². The molecule has 3 nitrogen and oxygen atoms in total. The summed E-state index contributed by atoms with van der Waals surface area (Å²) in [5.41, 5.74) is 2.43. The van der Waals surface area contributed by atoms with Crippen molar-refractivity contribution in [1.82, 2.24) is 0 Å². The number of rotatable bonds is 7. The van der Waals surface area contributed by atoms with E-state index in [1.807, 2.05) is 26.0 Å². The normalized spacial score (nSPS) is 11.4. The Hall–Kier alpha value is -2.50. The Balaban J connectivity index is 2.42. The second kappa shape index (κ2) is 9.13. The van der Waals surface area contributed by atoms with E-state index in [0.29, 0.717) is 12.2 Å². The van der Waals surface area contributed by atoms with E-state index in [-0.39, 0.29) is 30.2 Å². The van der Waals surface area contributed by atoms with Crippen LogP contribution in [0, 0.1) is 6.92 Å². The van der Waals surface area contributed by atoms with Crippen LogP contribution in [0.2, 0.25) is 0 Å². The fourth-order valence-corrected chi connectivity index (χ4v) is 3.08. The summed E-state index contributed by atoms with van der Waals surface area (Å²) < 4.78 is 46.4. The lowest BCUT2D eigenvalue weighted by molar-refractivity contribution is -0.138. The number of carbonyl (C=O) groups is 1. The third-order valence-corrected chi connectivity index (χ3v) is 4.73. The van der Waals surface area contributed by atoms with Gasteiger partial charge in [-0.1, -0.05) is 32.9 Å². The molecule has 6 heteroatoms. The highest BCUT2D eigenvalue weighted by Gasteiger charge is 2.34. The van der Waals surface area contributed by atoms with Crippen molar-refractivity contribution in [1.29, 1.82) is 0 Å². The third-order valence-electron chi connectivity index (χ3n) is 4.73. The minimum atomic E-state index is -4.54. The number of carbonyl (C=O) groups excluding carboxylic acids is 1. The van der Waals surface area contributed by atoms with Crippen molar-refractivity contribution in [2.75, 3.05) is 5.32 Å². The quantitative estimate of drug-likeness (QED) is 0.620. The van der Waals surface area contributed by atoms with Crippen molar-refractivity contribution < 1.29 is 22.7 Å². The van der Waals surface area contributed by atoms with E-state index in [1.165, 1.54) is 17.7 Å². The van der Waals surface area contributed by atoms with Gasteiger partial charge in [0, 0.05) is 17.7 Å². The summed E-state index contributed by atoms with van der Waals surface area (Å²) in [6, 6.07) is 7.67. The maximum Gasteiger partial charge on any atom is 0.416 e. The lowest BCUT2D eigenvalue weighted by atomic mass is 10.0. The average molecular weight is 393 g/mol. The summed E-state index contributed by atoms with van der Waals surface area (Å²) in [6.07, 6.45) is -2.78. The van der Waals surface area contributed by atoms with Crippen LogP contribution in [-0.4, -0.2) is 5.91 Å². The summed E-state index contributed by atoms with van der Waals surface area (Å²) >= 11 is 0. The summed E-state index contributed by atoms with van der Waals surface area (Å²) in [5, 5.41) is 2.55. The number of halogens is 3. The molecule has 0 aliphatic heterocycles. The van der Waals surface area contributed by atoms with Crippen molar-refractivity contribution in [3.63, 3.8) is 0 Å². The molecule has 28 heavy (non-hydrogen) atoms. The molecule has 1 N–H and O–H groups in total. The van der Waals surface area contributed by atoms with Gasteiger partial charge in [0.05, 0.1) is 5.56 Å². The third kappa shape index (κ3) is 5.06. The molecule has 0 aliphatic carbocycles. The molecule has 0 atom stereocenters. The van der Waals surface area contributed by atoms with Gasteiger partial charge in [-0.2, -0.15) is 13.2 Å². The van der Waals surface area contributed by atoms with Crippen molar-refractivity contribution in [2.24, 2.45) is 0 Å². The molecule has 0 aromatic heterocycles. The first-order chi connectivity index (χ1) is 13.2. The van der Waals surface area contributed by atoms with Crippen LogP contribution in [0.1, 0.15) is 55.0 Å². The molecule has 0 saturated carbocycles. The number of alkyl halides is 3. The van der Waals surface area contributed by atoms with E-state index in [2.05, 4.69) is 12.2 Å². The Bertz CT molecular complexity index is 844. The van der Waals surface area contributed by atoms with Gasteiger partial charge in [0.2, 0.25) is 5.91 Å². The highest BCUT2D eigenvalue weighted by Crippen LogP contribution is 2.36. The fourth-order valence-electron chi connectivity index (χ4n) is 3.08. The predicted octanol–water partition coefficient (Wildman–Crippen LogP) is 6.07. The smallest absolute Gasteiger partial charge is 0.416 e. The highest BCUT2D eigenvalue weighted by molar-refractivity contribution is 5.91. The zero-order valence-corrected chi connectivity index (χ0v) is 16.7. The molecular formula is C22H26F3NO2. The monoisotopic (exact) mass is 393 g/mol. The van der Waals surface area contributed by atoms with Gasteiger partial charge < -0.3 is 10.1 Å². The zero-order valence-electron chi connectivity index (χ0n) is 16.7. The number of hydrogen-bond acceptors (Lipinski definition) is 2. The first-order valence-electron chi connectivity index (χ1n) is 9.45. The second-order valence-electron chi connectivity index (χ2n) is 6.61. The first-order valence-corrected chi connectivity index (χ1v) is 9.45. The number of anilines is 1. The summed E-state index contributed by atoms with van der Waals surface area (Å²) in [7, 11) is 0. The molecule has 0 unspecified atom stereocenters. The second-order valence-corrected chi connectivity index (χ2v) is 6.61. The summed E-state index contributed by atoms with van der Waals surface area (Å²) in [6.45, 7) is 7.36. The number of aryl methyl sites for hydroxylation is 3. The largest absolute Gasteiger partial charge is 0.489 e. The molecule has 2 aromatic carbocycles. The lowest BCUT2D eigenvalue weighted by Crippen LogP contribution is -2.17. The van der Waals surface area contributed by atoms with E-state index in [1.54, 1.807) is 6.92 Å². The number of ether oxygens (including phenoxy) is 1. The van der Waals surface area contributed by atoms with E-state index in [4.69, 9.17) is 4.74 Å². The van der Waals surface area contributed by atoms with E-state index >= 15 is 0 Å². The number of hydrogen-bond donors (Lipinski definition) is 1. The molecule has 2 rings (SSSR count). The van der Waals surface area contributed by atoms with Gasteiger partial charge in [0.15, 0.2) is 0 Å². The van der Waals surface area contributed by atoms with Crippen LogP contribution in [0.4, 0.5) is 18.9 Å². The molecule has 0 aliphatic rings. The van der Waals surface area contributed by atoms with Crippen molar-refractivity contribution in [3.8, 4) is 5.75 Å². The standard InChI is InChI=1S/C22H26F3NO2/c1-5-15-12-16(6-2)20(11-14(15)4)28-13-17-18(22(23,24)25)9-8-10-19(17)26-21(27)7-3/h8-12H,5-7,13H2,1-4H3,(H,26,27). The Morgan fingerprint density at radius 2 is 1.75 bits per heavy atom. The first kappa shape index (κ1) is 21.8. The van der Waals surface area contributed by atoms with Crippen molar-refractivity contribution in [2.45, 2.75) is 59.7 Å². The van der Waals surface area contributed by atoms with E-state index in [9.17, 15) is 18.0 Å². The highest BCUT2D eigenvalue weighted by atomic mass is 19.4. The Labute approximate surface area is 163 Å². The molecule has 0 fully saturated rings. The number of amides is 1. The lowest BCUT2D eigenvalue weighted by Gasteiger charge is -2.19. The van der Waals surface area contributed by atoms with Crippen LogP contribution >= 0.6 is 0 Å². The van der Waals surface area contributed by atoms with Gasteiger partial charge in [-0.15, -0.1) is 0 Å². The van der Waals surface area contributed by atoms with Gasteiger partial charge in [-0.25, -0.2) is 0 Å². The predicted molar refractivity (Wildman–Crippen MR) is 105 cm³/mol. The molecular weight excluding hydrogens is 367 g/mol. The minimum Gasteiger partial charge on any atom is -0.489 e. The van der Waals surface area contributed by atoms with Crippen molar-refractivity contribution >= 4 is 11.6 Å². The minimum absolute atomic E-state index is 0.0731. The number of benzene rings is 2. The molecule has 2 aromatic rings. The Kier molecular flexibility index (Phi) is 7.11. The molecule has 0 radical (unpaired) electrons. The van der Waals surface area contributed by atoms with Gasteiger partial charge >= 0.3 is 6.18 Å². The summed E-state index contributed by atoms with van der Waals surface area (Å²) in [5.74, 6) is 0.222. The maximum atomic E-state index is 13.5. The fraction of sp³-hybridized carbons (Fsp3) is 0.409. The number of nitrogens with one attached hydrogen (secondary N) is 1. The summed E-state index contributed by atoms with van der Waals surface area (Å²) in [4.78, 5) is 11.8. The molecule has 0 bridgehead atoms. The Morgan fingerprint density at radius 3 is 2.32 bits per heavy atom. The SMILES string of the molecule is CCC(=O)Nc1cccc(C(F)(F)F)c1COc1cc(C)c(CC)cc1CC. The topological polar surface area (TPSA) is 38.3 Å². The van der Waals surface area contributed by atoms with Gasteiger partial charge in [0.25, 0.3) is 0 Å². The molecule has 0 heterocycles. The van der Waals surface area contributed by atoms with Crippen LogP contribution < -0.4 is 10.1 Å². The van der Waals surface area contributed by atoms with Crippen LogP contribution in [0.15, 0.2) is 30.3 Å². The average Bonchev–Trinajstić information content (AvgIpc) is 2.65. The van der Waals surface area contributed by atoms with Gasteiger partial charge in [-0.05, 0) is 54.7 Å². The zero-order chi connectivity index (χ0) is 20.9. The molecule has 1 amide bonds. The van der Waals surface area contributed by atoms with Gasteiger partial charge in [0.1, 0.15) is 12.4 Å². The molecule has 0 saturated heterocycles. The van der Waals surface area contributed by atoms with Crippen LogP contribution in [0.3, 0.4) is 0 Å². The molecule has 0 spiro atoms. The molecule has 152 valence electrons. The maximum absolute atomic E-state index is 13.5. The van der Waals surface area contributed by atoms with E-state index < -0.39 is 11.7 Å². The van der Waals surface area contributed by atoms with E-state index in [0.717, 1.165) is 23.6 Å². The van der Waals surface area contributed by atoms with Gasteiger partial charge in [-0.3, -0.25) is 4.79 Å². The van der Waals surface area contributed by atoms with Crippen molar-refractivity contribution in [3.05, 3.63) is 58.1 Å². The Morgan fingerprint density at radius 1 is 1.07 bits per heavy atom. The van der Waals surface area contributed by atoms with Crippen LogP contribution in [-0.2, 0) is 30.4 Å². The van der Waals surface area contributed by atoms with Crippen LogP contribution in [0.25, 0.3) is 0 Å².